The van der Waals surface area contributed by atoms with E-state index in [0.717, 1.165) is 26.1 Å². The molecule has 0 amide bonds. The smallest absolute Gasteiger partial charge is 0.0521 e. The molecule has 0 aliphatic carbocycles. The lowest BCUT2D eigenvalue weighted by molar-refractivity contribution is 0.339. The maximum absolute atomic E-state index is 4.31. The number of aryl methyl sites for hydroxylation is 1. The molecule has 0 fully saturated rings. The summed E-state index contributed by atoms with van der Waals surface area (Å²) in [4.78, 5) is 0. The Labute approximate surface area is 99.2 Å². The Morgan fingerprint density at radius 3 is 2.69 bits per heavy atom. The van der Waals surface area contributed by atoms with E-state index in [0.29, 0.717) is 5.41 Å². The van der Waals surface area contributed by atoms with E-state index >= 15 is 0 Å². The minimum Gasteiger partial charge on any atom is -0.316 e. The molecule has 92 valence electrons. The van der Waals surface area contributed by atoms with Crippen LogP contribution in [0.3, 0.4) is 0 Å². The molecule has 1 heterocycles. The molecule has 1 aromatic heterocycles. The van der Waals surface area contributed by atoms with Crippen molar-refractivity contribution < 1.29 is 0 Å². The lowest BCUT2D eigenvalue weighted by Crippen LogP contribution is -2.31. The predicted octanol–water partition coefficient (Wildman–Crippen LogP) is 2.47. The molecule has 0 spiro atoms. The molecule has 3 heteroatoms. The summed E-state index contributed by atoms with van der Waals surface area (Å²) >= 11 is 0. The zero-order chi connectivity index (χ0) is 12.0. The Bertz CT molecular complexity index is 302. The summed E-state index contributed by atoms with van der Waals surface area (Å²) in [5.41, 5.74) is 1.64. The minimum absolute atomic E-state index is 0.302. The summed E-state index contributed by atoms with van der Waals surface area (Å²) in [6.45, 7) is 12.1. The van der Waals surface area contributed by atoms with Gasteiger partial charge in [0, 0.05) is 19.3 Å². The fourth-order valence-corrected chi connectivity index (χ4v) is 1.89. The first kappa shape index (κ1) is 13.2. The molecule has 1 aromatic rings. The summed E-state index contributed by atoms with van der Waals surface area (Å²) in [5.74, 6) is 0. The van der Waals surface area contributed by atoms with Crippen molar-refractivity contribution in [1.29, 1.82) is 0 Å². The standard InChI is InChI=1S/C13H25N3/c1-5-7-14-11-13(3,4)8-12-9-15-16(6-2)10-12/h9-10,14H,5-8,11H2,1-4H3. The first-order chi connectivity index (χ1) is 7.57. The monoisotopic (exact) mass is 223 g/mol. The van der Waals surface area contributed by atoms with Gasteiger partial charge in [-0.3, -0.25) is 4.68 Å². The normalized spacial score (nSPS) is 12.0. The second-order valence-electron chi connectivity index (χ2n) is 5.22. The van der Waals surface area contributed by atoms with E-state index in [1.807, 2.05) is 10.9 Å². The van der Waals surface area contributed by atoms with Gasteiger partial charge in [-0.15, -0.1) is 0 Å². The summed E-state index contributed by atoms with van der Waals surface area (Å²) in [7, 11) is 0. The zero-order valence-electron chi connectivity index (χ0n) is 11.1. The molecule has 0 unspecified atom stereocenters. The molecule has 0 bridgehead atoms. The van der Waals surface area contributed by atoms with Gasteiger partial charge in [0.15, 0.2) is 0 Å². The number of rotatable bonds is 7. The summed E-state index contributed by atoms with van der Waals surface area (Å²) in [5, 5.41) is 7.80. The zero-order valence-corrected chi connectivity index (χ0v) is 11.1. The van der Waals surface area contributed by atoms with Gasteiger partial charge in [-0.1, -0.05) is 20.8 Å². The average molecular weight is 223 g/mol. The van der Waals surface area contributed by atoms with Gasteiger partial charge in [0.1, 0.15) is 0 Å². The summed E-state index contributed by atoms with van der Waals surface area (Å²) in [6, 6.07) is 0. The van der Waals surface area contributed by atoms with Gasteiger partial charge in [-0.2, -0.15) is 5.10 Å². The number of aromatic nitrogens is 2. The fourth-order valence-electron chi connectivity index (χ4n) is 1.89. The molecule has 0 radical (unpaired) electrons. The van der Waals surface area contributed by atoms with Crippen LogP contribution in [0.15, 0.2) is 12.4 Å². The van der Waals surface area contributed by atoms with E-state index in [9.17, 15) is 0 Å². The van der Waals surface area contributed by atoms with Crippen LogP contribution in [0.5, 0.6) is 0 Å². The third-order valence-corrected chi connectivity index (χ3v) is 2.72. The largest absolute Gasteiger partial charge is 0.316 e. The Morgan fingerprint density at radius 1 is 1.38 bits per heavy atom. The van der Waals surface area contributed by atoms with E-state index in [4.69, 9.17) is 0 Å². The minimum atomic E-state index is 0.302. The van der Waals surface area contributed by atoms with Gasteiger partial charge in [0.25, 0.3) is 0 Å². The second kappa shape index (κ2) is 6.04. The SMILES string of the molecule is CCCNCC(C)(C)Cc1cnn(CC)c1. The van der Waals surface area contributed by atoms with Crippen molar-refractivity contribution in [3.63, 3.8) is 0 Å². The quantitative estimate of drug-likeness (QED) is 0.720. The van der Waals surface area contributed by atoms with Crippen LogP contribution in [-0.2, 0) is 13.0 Å². The van der Waals surface area contributed by atoms with E-state index in [1.54, 1.807) is 0 Å². The lowest BCUT2D eigenvalue weighted by Gasteiger charge is -2.24. The Morgan fingerprint density at radius 2 is 2.12 bits per heavy atom. The van der Waals surface area contributed by atoms with Crippen LogP contribution in [0, 0.1) is 5.41 Å². The van der Waals surface area contributed by atoms with Crippen molar-refractivity contribution in [3.05, 3.63) is 18.0 Å². The highest BCUT2D eigenvalue weighted by Gasteiger charge is 2.18. The first-order valence-corrected chi connectivity index (χ1v) is 6.29. The van der Waals surface area contributed by atoms with Crippen LogP contribution in [0.2, 0.25) is 0 Å². The third kappa shape index (κ3) is 4.35. The summed E-state index contributed by atoms with van der Waals surface area (Å²) in [6.07, 6.45) is 6.43. The topological polar surface area (TPSA) is 29.9 Å². The van der Waals surface area contributed by atoms with Gasteiger partial charge in [-0.05, 0) is 37.3 Å². The molecule has 1 N–H and O–H groups in total. The Balaban J connectivity index is 2.44. The number of nitrogens with one attached hydrogen (secondary N) is 1. The molecule has 0 aliphatic rings. The van der Waals surface area contributed by atoms with Gasteiger partial charge in [0.05, 0.1) is 6.20 Å². The molecule has 16 heavy (non-hydrogen) atoms. The van der Waals surface area contributed by atoms with Crippen molar-refractivity contribution in [2.75, 3.05) is 13.1 Å². The van der Waals surface area contributed by atoms with Gasteiger partial charge >= 0.3 is 0 Å². The third-order valence-electron chi connectivity index (χ3n) is 2.72. The Kier molecular flexibility index (Phi) is 5.00. The molecule has 0 aliphatic heterocycles. The van der Waals surface area contributed by atoms with E-state index in [-0.39, 0.29) is 0 Å². The van der Waals surface area contributed by atoms with Crippen LogP contribution in [0.25, 0.3) is 0 Å². The van der Waals surface area contributed by atoms with E-state index in [1.165, 1.54) is 12.0 Å². The molecule has 0 saturated heterocycles. The highest BCUT2D eigenvalue weighted by atomic mass is 15.3. The molecule has 1 rings (SSSR count). The second-order valence-corrected chi connectivity index (χ2v) is 5.22. The molecule has 3 nitrogen and oxygen atoms in total. The molecule has 0 saturated carbocycles. The van der Waals surface area contributed by atoms with Crippen LogP contribution in [0.1, 0.15) is 39.7 Å². The first-order valence-electron chi connectivity index (χ1n) is 6.29. The van der Waals surface area contributed by atoms with Crippen molar-refractivity contribution in [1.82, 2.24) is 15.1 Å². The van der Waals surface area contributed by atoms with Crippen LogP contribution in [-0.4, -0.2) is 22.9 Å². The number of hydrogen-bond acceptors (Lipinski definition) is 2. The highest BCUT2D eigenvalue weighted by molar-refractivity contribution is 5.06. The van der Waals surface area contributed by atoms with E-state index < -0.39 is 0 Å². The van der Waals surface area contributed by atoms with Gasteiger partial charge in [-0.25, -0.2) is 0 Å². The van der Waals surface area contributed by atoms with Crippen molar-refractivity contribution in [2.45, 2.75) is 47.1 Å². The highest BCUT2D eigenvalue weighted by Crippen LogP contribution is 2.20. The van der Waals surface area contributed by atoms with Crippen molar-refractivity contribution >= 4 is 0 Å². The van der Waals surface area contributed by atoms with E-state index in [2.05, 4.69) is 44.3 Å². The molecular weight excluding hydrogens is 198 g/mol. The maximum Gasteiger partial charge on any atom is 0.0521 e. The average Bonchev–Trinajstić information content (AvgIpc) is 2.65. The van der Waals surface area contributed by atoms with Crippen LogP contribution in [0.4, 0.5) is 0 Å². The number of nitrogens with zero attached hydrogens (tertiary/aromatic N) is 2. The molecular formula is C13H25N3. The van der Waals surface area contributed by atoms with Crippen molar-refractivity contribution in [3.8, 4) is 0 Å². The predicted molar refractivity (Wildman–Crippen MR) is 68.5 cm³/mol. The van der Waals surface area contributed by atoms with Crippen LogP contribution < -0.4 is 5.32 Å². The Hall–Kier alpha value is -0.830. The molecule has 0 atom stereocenters. The fraction of sp³-hybridized carbons (Fsp3) is 0.769. The maximum atomic E-state index is 4.31. The summed E-state index contributed by atoms with van der Waals surface area (Å²) < 4.78 is 1.99. The van der Waals surface area contributed by atoms with Gasteiger partial charge < -0.3 is 5.32 Å². The van der Waals surface area contributed by atoms with Crippen LogP contribution >= 0.6 is 0 Å². The van der Waals surface area contributed by atoms with Gasteiger partial charge in [0.2, 0.25) is 0 Å². The van der Waals surface area contributed by atoms with Crippen molar-refractivity contribution in [2.24, 2.45) is 5.41 Å². The number of hydrogen-bond donors (Lipinski definition) is 1. The lowest BCUT2D eigenvalue weighted by atomic mass is 9.87. The molecule has 0 aromatic carbocycles.